The van der Waals surface area contributed by atoms with Crippen LogP contribution >= 0.6 is 0 Å². The molecule has 0 saturated heterocycles. The van der Waals surface area contributed by atoms with E-state index in [-0.39, 0.29) is 82.4 Å². The van der Waals surface area contributed by atoms with Crippen molar-refractivity contribution in [2.75, 3.05) is 0 Å². The second-order valence-electron chi connectivity index (χ2n) is 20.5. The zero-order valence-electron chi connectivity index (χ0n) is 58.4. The van der Waals surface area contributed by atoms with E-state index in [9.17, 15) is 5.48 Å². The molecule has 0 amide bonds. The largest absolute Gasteiger partial charge is 0.510 e. The number of benzene rings is 9. The number of rotatable bonds is 9. The van der Waals surface area contributed by atoms with Gasteiger partial charge < -0.3 is 13.9 Å². The van der Waals surface area contributed by atoms with E-state index in [0.717, 1.165) is 27.4 Å². The number of ether oxygens (including phenoxy) is 1. The molecule has 0 N–H and O–H groups in total. The number of fused-ring (bicyclic) bond motifs is 4. The van der Waals surface area contributed by atoms with Crippen molar-refractivity contribution < 1.29 is 52.3 Å². The minimum absolute atomic E-state index is 0. The molecule has 6 heteroatoms. The summed E-state index contributed by atoms with van der Waals surface area (Å²) in [5.74, 6) is 1.25. The molecule has 3 heterocycles. The summed E-state index contributed by atoms with van der Waals surface area (Å²) in [7, 11) is 0. The van der Waals surface area contributed by atoms with Crippen LogP contribution in [0.25, 0.3) is 94.5 Å². The first-order chi connectivity index (χ1) is 42.8. The molecule has 0 bridgehead atoms. The van der Waals surface area contributed by atoms with Gasteiger partial charge in [0.1, 0.15) is 5.82 Å². The Bertz CT molecular complexity index is 4910. The number of para-hydroxylation sites is 1. The maximum Gasteiger partial charge on any atom is 0.268 e. The van der Waals surface area contributed by atoms with Gasteiger partial charge in [-0.25, -0.2) is 4.98 Å². The van der Waals surface area contributed by atoms with Gasteiger partial charge in [0.25, 0.3) is 6.33 Å². The van der Waals surface area contributed by atoms with Crippen LogP contribution in [-0.2, 0) is 31.9 Å². The Labute approximate surface area is 483 Å². The molecule has 0 aliphatic carbocycles. The quantitative estimate of drug-likeness (QED) is 0.107. The van der Waals surface area contributed by atoms with Crippen LogP contribution in [0.4, 0.5) is 0 Å². The van der Waals surface area contributed by atoms with Gasteiger partial charge in [-0.05, 0) is 139 Å². The fourth-order valence-electron chi connectivity index (χ4n) is 9.76. The minimum atomic E-state index is -2.78. The van der Waals surface area contributed by atoms with Gasteiger partial charge in [-0.2, -0.15) is 18.2 Å². The van der Waals surface area contributed by atoms with Gasteiger partial charge in [0.05, 0.1) is 30.4 Å². The van der Waals surface area contributed by atoms with Crippen molar-refractivity contribution in [1.29, 1.82) is 0 Å². The summed E-state index contributed by atoms with van der Waals surface area (Å²) in [5, 5.41) is 1.89. The van der Waals surface area contributed by atoms with E-state index in [4.69, 9.17) is 26.2 Å². The Hall–Kier alpha value is -8.11. The summed E-state index contributed by atoms with van der Waals surface area (Å²) in [6.45, 7) is 6.95. The van der Waals surface area contributed by atoms with Crippen molar-refractivity contribution in [2.45, 2.75) is 66.1 Å². The standard InChI is InChI=1S/C70H58N4O.Pt/c1-46-20-17-21-47(2)67(46)51-32-35-63-65(41-51)72(45-73(63)68-60(49-24-13-10-14-25-49)39-52(48-22-11-9-12-23-48)40-61(68)50-26-18-27-53(38-50)69(3,4)5)55-28-19-29-56(43-55)75-57-33-34-59-58-30-15-16-31-62(58)74(64(59)44-57)66-42-54(36-37-71-66)70(6,7)8;/h9-42H,1-8H3;/q-2;/i1D3,2D3,9D,10D,11D,12D,13D,14D,22D,23D,24D,25D;. The third-order valence-electron chi connectivity index (χ3n) is 13.6. The number of nitrogens with zero attached hydrogens (tertiary/aromatic N) is 4. The van der Waals surface area contributed by atoms with Gasteiger partial charge in [0.15, 0.2) is 0 Å². The first kappa shape index (κ1) is 34.5. The summed E-state index contributed by atoms with van der Waals surface area (Å²) in [6, 6.07) is 41.4. The average molecular weight is 1180 g/mol. The third kappa shape index (κ3) is 9.28. The predicted molar refractivity (Wildman–Crippen MR) is 309 cm³/mol. The van der Waals surface area contributed by atoms with Crippen LogP contribution in [-0.4, -0.2) is 14.1 Å². The van der Waals surface area contributed by atoms with Crippen LogP contribution in [0, 0.1) is 32.2 Å². The van der Waals surface area contributed by atoms with E-state index in [2.05, 4.69) is 49.9 Å². The van der Waals surface area contributed by atoms with Gasteiger partial charge in [-0.15, -0.1) is 29.7 Å². The SMILES string of the molecule is [2H]c1c([2H])c([2H])c(-c2cc(-c3cccc(C(C)(C)C)c3)c(-[n+]3[c-]n(-c4[c-]c(Oc5[c-]c6c(cc5)c5ccccc5n6-c5cc(C(C)(C)C)ccn5)ccc4)c4cc(-c5c(C([2H])([2H])[2H])cccc5C([2H])([2H])[2H])ccc43)c(-c3c([2H])c([2H])c([2H])c([2H])c3[2H])c2)c([2H])c1[2H].[Pt]. The molecular formula is C70H58N4OPt-2. The Morgan fingerprint density at radius 3 is 1.96 bits per heavy atom. The number of hydrogen-bond donors (Lipinski definition) is 0. The van der Waals surface area contributed by atoms with Crippen LogP contribution < -0.4 is 9.30 Å². The molecule has 76 heavy (non-hydrogen) atoms. The molecule has 12 rings (SSSR count). The van der Waals surface area contributed by atoms with Crippen molar-refractivity contribution in [3.8, 4) is 73.2 Å². The van der Waals surface area contributed by atoms with Gasteiger partial charge in [-0.1, -0.05) is 180 Å². The molecule has 0 spiro atoms. The van der Waals surface area contributed by atoms with Gasteiger partial charge in [-0.3, -0.25) is 4.57 Å². The monoisotopic (exact) mass is 1180 g/mol. The maximum absolute atomic E-state index is 9.55. The van der Waals surface area contributed by atoms with E-state index < -0.39 is 79.5 Å². The topological polar surface area (TPSA) is 35.9 Å². The van der Waals surface area contributed by atoms with Crippen LogP contribution in [0.1, 0.15) is 85.7 Å². The van der Waals surface area contributed by atoms with Crippen LogP contribution in [0.2, 0.25) is 0 Å². The molecule has 0 fully saturated rings. The number of aromatic nitrogens is 4. The molecule has 0 aliphatic heterocycles. The van der Waals surface area contributed by atoms with Crippen molar-refractivity contribution >= 4 is 32.8 Å². The van der Waals surface area contributed by atoms with Gasteiger partial charge in [0.2, 0.25) is 0 Å². The molecular weight excluding hydrogens is 1110 g/mol. The zero-order chi connectivity index (χ0) is 65.3. The Kier molecular flexibility index (Phi) is 9.01. The molecule has 376 valence electrons. The van der Waals surface area contributed by atoms with Gasteiger partial charge in [0, 0.05) is 52.5 Å². The third-order valence-corrected chi connectivity index (χ3v) is 13.6. The Morgan fingerprint density at radius 2 is 1.22 bits per heavy atom. The molecule has 0 radical (unpaired) electrons. The van der Waals surface area contributed by atoms with E-state index in [1.807, 2.05) is 87.5 Å². The molecule has 9 aromatic carbocycles. The van der Waals surface area contributed by atoms with Crippen molar-refractivity contribution in [3.63, 3.8) is 0 Å². The summed E-state index contributed by atoms with van der Waals surface area (Å²) in [4.78, 5) is 4.83. The summed E-state index contributed by atoms with van der Waals surface area (Å²) in [5.41, 5.74) is 4.13. The molecule has 12 aromatic rings. The van der Waals surface area contributed by atoms with Crippen LogP contribution in [0.15, 0.2) is 206 Å². The molecule has 0 saturated carbocycles. The number of pyridine rings is 1. The number of hydrogen-bond acceptors (Lipinski definition) is 2. The normalized spacial score (nSPS) is 15.2. The Morgan fingerprint density at radius 1 is 0.553 bits per heavy atom. The average Bonchev–Trinajstić information content (AvgIpc) is 1.38. The zero-order valence-corrected chi connectivity index (χ0v) is 44.6. The summed E-state index contributed by atoms with van der Waals surface area (Å²) < 4.78 is 154. The molecule has 0 atom stereocenters. The number of imidazole rings is 1. The number of aryl methyl sites for hydroxylation is 2. The van der Waals surface area contributed by atoms with Gasteiger partial charge >= 0.3 is 0 Å². The first-order valence-corrected chi connectivity index (χ1v) is 24.5. The molecule has 0 unspecified atom stereocenters. The van der Waals surface area contributed by atoms with E-state index in [1.165, 1.54) is 24.3 Å². The van der Waals surface area contributed by atoms with Crippen LogP contribution in [0.5, 0.6) is 11.5 Å². The fraction of sp³-hybridized carbons (Fsp3) is 0.143. The molecule has 0 aliphatic rings. The van der Waals surface area contributed by atoms with Crippen LogP contribution in [0.3, 0.4) is 0 Å². The Balaban J connectivity index is 0.00000867. The second-order valence-corrected chi connectivity index (χ2v) is 20.5. The minimum Gasteiger partial charge on any atom is -0.510 e. The second kappa shape index (κ2) is 19.9. The van der Waals surface area contributed by atoms with Crippen molar-refractivity contribution in [1.82, 2.24) is 14.1 Å². The summed E-state index contributed by atoms with van der Waals surface area (Å²) >= 11 is 0. The summed E-state index contributed by atoms with van der Waals surface area (Å²) in [6.07, 6.45) is 5.31. The van der Waals surface area contributed by atoms with Crippen molar-refractivity contribution in [3.05, 3.63) is 247 Å². The van der Waals surface area contributed by atoms with E-state index in [1.54, 1.807) is 57.8 Å². The van der Waals surface area contributed by atoms with E-state index in [0.29, 0.717) is 44.9 Å². The van der Waals surface area contributed by atoms with Crippen molar-refractivity contribution in [2.24, 2.45) is 0 Å². The van der Waals surface area contributed by atoms with E-state index >= 15 is 0 Å². The molecule has 3 aromatic heterocycles. The molecule has 5 nitrogen and oxygen atoms in total. The fourth-order valence-corrected chi connectivity index (χ4v) is 9.76. The predicted octanol–water partition coefficient (Wildman–Crippen LogP) is 17.5. The smallest absolute Gasteiger partial charge is 0.268 e. The first-order valence-electron chi connectivity index (χ1n) is 32.5. The maximum atomic E-state index is 9.55.